The van der Waals surface area contributed by atoms with Gasteiger partial charge < -0.3 is 15.4 Å². The van der Waals surface area contributed by atoms with E-state index >= 15 is 0 Å². The Balaban J connectivity index is 1.84. The predicted molar refractivity (Wildman–Crippen MR) is 87.5 cm³/mol. The molecule has 0 aromatic heterocycles. The summed E-state index contributed by atoms with van der Waals surface area (Å²) in [6, 6.07) is 5.25. The van der Waals surface area contributed by atoms with Crippen LogP contribution in [0.2, 0.25) is 0 Å². The van der Waals surface area contributed by atoms with E-state index in [1.54, 1.807) is 19.1 Å². The van der Waals surface area contributed by atoms with Gasteiger partial charge in [-0.2, -0.15) is 0 Å². The van der Waals surface area contributed by atoms with Crippen LogP contribution in [0.5, 0.6) is 0 Å². The van der Waals surface area contributed by atoms with Crippen LogP contribution in [0, 0.1) is 12.7 Å². The smallest absolute Gasteiger partial charge is 0.191 e. The number of nitrogens with zero attached hydrogens (tertiary/aromatic N) is 1. The number of nitrogens with one attached hydrogen (secondary N) is 2. The van der Waals surface area contributed by atoms with Gasteiger partial charge in [-0.05, 0) is 50.3 Å². The molecule has 2 N–H and O–H groups in total. The van der Waals surface area contributed by atoms with Gasteiger partial charge in [0.1, 0.15) is 5.82 Å². The number of aliphatic imine (C=N–C) groups is 1. The molecule has 0 amide bonds. The van der Waals surface area contributed by atoms with Crippen molar-refractivity contribution in [3.63, 3.8) is 0 Å². The highest BCUT2D eigenvalue weighted by atomic mass is 19.1. The average molecular weight is 307 g/mol. The third kappa shape index (κ3) is 5.30. The molecule has 1 heterocycles. The van der Waals surface area contributed by atoms with Crippen molar-refractivity contribution in [2.24, 2.45) is 4.99 Å². The summed E-state index contributed by atoms with van der Waals surface area (Å²) in [6.07, 6.45) is 3.68. The lowest BCUT2D eigenvalue weighted by Gasteiger charge is -2.13. The molecule has 1 saturated heterocycles. The van der Waals surface area contributed by atoms with E-state index in [9.17, 15) is 4.39 Å². The summed E-state index contributed by atoms with van der Waals surface area (Å²) in [4.78, 5) is 4.51. The van der Waals surface area contributed by atoms with Crippen molar-refractivity contribution in [2.75, 3.05) is 19.7 Å². The standard InChI is InChI=1S/C17H26FN3O/c1-3-19-17(20-9-8-15-5-4-10-22-15)21-12-14-7-6-13(2)16(18)11-14/h6-7,11,15H,3-5,8-10,12H2,1-2H3,(H2,19,20,21). The zero-order valence-electron chi connectivity index (χ0n) is 13.5. The quantitative estimate of drug-likeness (QED) is 0.627. The predicted octanol–water partition coefficient (Wildman–Crippen LogP) is 2.76. The van der Waals surface area contributed by atoms with Gasteiger partial charge in [-0.25, -0.2) is 9.38 Å². The second-order valence-electron chi connectivity index (χ2n) is 5.63. The second-order valence-corrected chi connectivity index (χ2v) is 5.63. The Morgan fingerprint density at radius 3 is 2.95 bits per heavy atom. The zero-order chi connectivity index (χ0) is 15.8. The molecule has 1 aliphatic heterocycles. The maximum absolute atomic E-state index is 13.5. The number of aryl methyl sites for hydroxylation is 1. The maximum atomic E-state index is 13.5. The van der Waals surface area contributed by atoms with Gasteiger partial charge in [-0.3, -0.25) is 0 Å². The Kier molecular flexibility index (Phi) is 6.65. The Hall–Kier alpha value is -1.62. The Bertz CT molecular complexity index is 499. The highest BCUT2D eigenvalue weighted by Gasteiger charge is 2.14. The molecule has 1 unspecified atom stereocenters. The zero-order valence-corrected chi connectivity index (χ0v) is 13.5. The molecule has 0 saturated carbocycles. The van der Waals surface area contributed by atoms with E-state index < -0.39 is 0 Å². The van der Waals surface area contributed by atoms with Gasteiger partial charge in [-0.1, -0.05) is 12.1 Å². The molecule has 4 nitrogen and oxygen atoms in total. The van der Waals surface area contributed by atoms with Crippen molar-refractivity contribution in [2.45, 2.75) is 45.8 Å². The third-order valence-electron chi connectivity index (χ3n) is 3.78. The third-order valence-corrected chi connectivity index (χ3v) is 3.78. The maximum Gasteiger partial charge on any atom is 0.191 e. The number of benzene rings is 1. The minimum atomic E-state index is -0.177. The van der Waals surface area contributed by atoms with Gasteiger partial charge in [0.2, 0.25) is 0 Å². The van der Waals surface area contributed by atoms with Crippen LogP contribution >= 0.6 is 0 Å². The number of hydrogen-bond donors (Lipinski definition) is 2. The Morgan fingerprint density at radius 1 is 1.41 bits per heavy atom. The molecule has 2 rings (SSSR count). The van der Waals surface area contributed by atoms with E-state index in [2.05, 4.69) is 15.6 Å². The normalized spacial score (nSPS) is 18.5. The molecule has 0 bridgehead atoms. The second kappa shape index (κ2) is 8.73. The van der Waals surface area contributed by atoms with E-state index in [0.29, 0.717) is 18.2 Å². The summed E-state index contributed by atoms with van der Waals surface area (Å²) in [5, 5.41) is 6.52. The van der Waals surface area contributed by atoms with Crippen LogP contribution in [0.3, 0.4) is 0 Å². The molecular formula is C17H26FN3O. The van der Waals surface area contributed by atoms with E-state index in [1.807, 2.05) is 13.0 Å². The van der Waals surface area contributed by atoms with E-state index in [0.717, 1.165) is 50.5 Å². The van der Waals surface area contributed by atoms with Crippen LogP contribution < -0.4 is 10.6 Å². The van der Waals surface area contributed by atoms with Crippen molar-refractivity contribution < 1.29 is 9.13 Å². The summed E-state index contributed by atoms with van der Waals surface area (Å²) in [5.74, 6) is 0.588. The van der Waals surface area contributed by atoms with E-state index in [-0.39, 0.29) is 5.82 Å². The highest BCUT2D eigenvalue weighted by Crippen LogP contribution is 2.14. The molecule has 0 spiro atoms. The molecule has 1 aromatic carbocycles. The first-order valence-corrected chi connectivity index (χ1v) is 8.08. The molecule has 0 radical (unpaired) electrons. The lowest BCUT2D eigenvalue weighted by molar-refractivity contribution is 0.105. The number of guanidine groups is 1. The van der Waals surface area contributed by atoms with Crippen LogP contribution in [-0.4, -0.2) is 31.8 Å². The van der Waals surface area contributed by atoms with Crippen molar-refractivity contribution >= 4 is 5.96 Å². The molecule has 1 atom stereocenters. The van der Waals surface area contributed by atoms with Crippen LogP contribution in [0.1, 0.15) is 37.3 Å². The molecule has 22 heavy (non-hydrogen) atoms. The number of halogens is 1. The Labute approximate surface area is 132 Å². The topological polar surface area (TPSA) is 45.7 Å². The van der Waals surface area contributed by atoms with Gasteiger partial charge in [0.05, 0.1) is 12.6 Å². The van der Waals surface area contributed by atoms with E-state index in [4.69, 9.17) is 4.74 Å². The summed E-state index contributed by atoms with van der Waals surface area (Å²) in [5.41, 5.74) is 1.54. The summed E-state index contributed by atoms with van der Waals surface area (Å²) < 4.78 is 19.1. The largest absolute Gasteiger partial charge is 0.378 e. The monoisotopic (exact) mass is 307 g/mol. The van der Waals surface area contributed by atoms with Crippen molar-refractivity contribution in [3.05, 3.63) is 35.1 Å². The van der Waals surface area contributed by atoms with Crippen LogP contribution in [0.25, 0.3) is 0 Å². The first kappa shape index (κ1) is 16.7. The Morgan fingerprint density at radius 2 is 2.27 bits per heavy atom. The van der Waals surface area contributed by atoms with Crippen molar-refractivity contribution in [3.8, 4) is 0 Å². The van der Waals surface area contributed by atoms with E-state index in [1.165, 1.54) is 0 Å². The van der Waals surface area contributed by atoms with Crippen LogP contribution in [-0.2, 0) is 11.3 Å². The molecule has 5 heteroatoms. The fraction of sp³-hybridized carbons (Fsp3) is 0.588. The molecule has 1 aliphatic rings. The fourth-order valence-electron chi connectivity index (χ4n) is 2.47. The number of rotatable bonds is 6. The van der Waals surface area contributed by atoms with Crippen molar-refractivity contribution in [1.82, 2.24) is 10.6 Å². The number of ether oxygens (including phenoxy) is 1. The van der Waals surface area contributed by atoms with Gasteiger partial charge in [0.25, 0.3) is 0 Å². The summed E-state index contributed by atoms with van der Waals surface area (Å²) >= 11 is 0. The highest BCUT2D eigenvalue weighted by molar-refractivity contribution is 5.79. The molecule has 0 aliphatic carbocycles. The average Bonchev–Trinajstić information content (AvgIpc) is 3.01. The lowest BCUT2D eigenvalue weighted by Crippen LogP contribution is -2.38. The molecule has 1 aromatic rings. The molecule has 1 fully saturated rings. The SMILES string of the molecule is CCNC(=NCc1ccc(C)c(F)c1)NCCC1CCCO1. The molecular weight excluding hydrogens is 281 g/mol. The molecule has 122 valence electrons. The summed E-state index contributed by atoms with van der Waals surface area (Å²) in [7, 11) is 0. The first-order valence-electron chi connectivity index (χ1n) is 8.08. The van der Waals surface area contributed by atoms with Gasteiger partial charge in [0.15, 0.2) is 5.96 Å². The van der Waals surface area contributed by atoms with Crippen LogP contribution in [0.15, 0.2) is 23.2 Å². The van der Waals surface area contributed by atoms with Crippen molar-refractivity contribution in [1.29, 1.82) is 0 Å². The van der Waals surface area contributed by atoms with Crippen LogP contribution in [0.4, 0.5) is 4.39 Å². The first-order chi connectivity index (χ1) is 10.7. The minimum Gasteiger partial charge on any atom is -0.378 e. The van der Waals surface area contributed by atoms with Gasteiger partial charge in [0, 0.05) is 19.7 Å². The summed E-state index contributed by atoms with van der Waals surface area (Å²) in [6.45, 7) is 6.78. The van der Waals surface area contributed by atoms with Gasteiger partial charge in [-0.15, -0.1) is 0 Å². The minimum absolute atomic E-state index is 0.177. The lowest BCUT2D eigenvalue weighted by atomic mass is 10.1. The van der Waals surface area contributed by atoms with Gasteiger partial charge >= 0.3 is 0 Å². The number of hydrogen-bond acceptors (Lipinski definition) is 2. The fourth-order valence-corrected chi connectivity index (χ4v) is 2.47.